The lowest BCUT2D eigenvalue weighted by molar-refractivity contribution is 0.0346. The van der Waals surface area contributed by atoms with Crippen LogP contribution in [0.2, 0.25) is 10.0 Å². The average molecular weight is 362 g/mol. The molecule has 0 aliphatic carbocycles. The molecule has 0 spiro atoms. The van der Waals surface area contributed by atoms with E-state index in [1.807, 2.05) is 0 Å². The number of benzene rings is 1. The number of nitrogens with zero attached hydrogens (tertiary/aromatic N) is 2. The van der Waals surface area contributed by atoms with E-state index in [-0.39, 0.29) is 19.2 Å². The van der Waals surface area contributed by atoms with Gasteiger partial charge in [0.1, 0.15) is 0 Å². The van der Waals surface area contributed by atoms with Crippen molar-refractivity contribution in [2.24, 2.45) is 0 Å². The largest absolute Gasteiger partial charge is 0.395 e. The van der Waals surface area contributed by atoms with Gasteiger partial charge in [0.15, 0.2) is 0 Å². The summed E-state index contributed by atoms with van der Waals surface area (Å²) < 4.78 is 5.30. The minimum atomic E-state index is -0.273. The lowest BCUT2D eigenvalue weighted by Crippen LogP contribution is -2.45. The molecule has 0 bridgehead atoms. The minimum Gasteiger partial charge on any atom is -0.395 e. The molecule has 0 atom stereocenters. The molecule has 2 N–H and O–H groups in total. The molecule has 6 nitrogen and oxygen atoms in total. The second-order valence-corrected chi connectivity index (χ2v) is 6.04. The Kier molecular flexibility index (Phi) is 7.39. The maximum Gasteiger partial charge on any atom is 0.321 e. The Morgan fingerprint density at radius 3 is 2.65 bits per heavy atom. The molecule has 1 aromatic rings. The van der Waals surface area contributed by atoms with Gasteiger partial charge in [0.05, 0.1) is 29.9 Å². The Bertz CT molecular complexity index is 525. The zero-order valence-corrected chi connectivity index (χ0v) is 14.3. The van der Waals surface area contributed by atoms with Gasteiger partial charge in [0.25, 0.3) is 0 Å². The first kappa shape index (κ1) is 18.3. The van der Waals surface area contributed by atoms with Crippen LogP contribution < -0.4 is 5.32 Å². The summed E-state index contributed by atoms with van der Waals surface area (Å²) in [5.74, 6) is 0. The zero-order valence-electron chi connectivity index (χ0n) is 12.8. The number of carbonyl (C=O) groups excluding carboxylic acids is 1. The molecule has 23 heavy (non-hydrogen) atoms. The molecule has 2 amide bonds. The van der Waals surface area contributed by atoms with Crippen molar-refractivity contribution in [3.05, 3.63) is 28.2 Å². The van der Waals surface area contributed by atoms with Gasteiger partial charge >= 0.3 is 6.03 Å². The molecule has 1 aliphatic heterocycles. The van der Waals surface area contributed by atoms with Crippen molar-refractivity contribution in [1.82, 2.24) is 9.80 Å². The molecule has 128 valence electrons. The van der Waals surface area contributed by atoms with Gasteiger partial charge < -0.3 is 20.1 Å². The molecule has 0 unspecified atom stereocenters. The fourth-order valence-corrected chi connectivity index (χ4v) is 2.60. The molecule has 1 fully saturated rings. The van der Waals surface area contributed by atoms with Crippen LogP contribution in [0.5, 0.6) is 0 Å². The van der Waals surface area contributed by atoms with E-state index in [9.17, 15) is 9.90 Å². The fraction of sp³-hybridized carbons (Fsp3) is 0.533. The summed E-state index contributed by atoms with van der Waals surface area (Å²) in [5.41, 5.74) is 0.568. The van der Waals surface area contributed by atoms with E-state index in [1.165, 1.54) is 0 Å². The van der Waals surface area contributed by atoms with Crippen molar-refractivity contribution < 1.29 is 14.6 Å². The van der Waals surface area contributed by atoms with Crippen molar-refractivity contribution in [3.63, 3.8) is 0 Å². The molecule has 1 aromatic carbocycles. The van der Waals surface area contributed by atoms with Crippen molar-refractivity contribution in [1.29, 1.82) is 0 Å². The maximum absolute atomic E-state index is 12.4. The summed E-state index contributed by atoms with van der Waals surface area (Å²) in [7, 11) is 0. The number of aliphatic hydroxyl groups excluding tert-OH is 1. The van der Waals surface area contributed by atoms with Crippen LogP contribution in [0.3, 0.4) is 0 Å². The SMILES string of the molecule is O=C(Nc1ccc(Cl)c(Cl)c1)N(CCO)CCN1CCOCC1. The highest BCUT2D eigenvalue weighted by molar-refractivity contribution is 6.42. The van der Waals surface area contributed by atoms with Crippen LogP contribution in [0.25, 0.3) is 0 Å². The second kappa shape index (κ2) is 9.30. The van der Waals surface area contributed by atoms with Crippen LogP contribution in [-0.2, 0) is 4.74 Å². The highest BCUT2D eigenvalue weighted by Gasteiger charge is 2.16. The van der Waals surface area contributed by atoms with Crippen LogP contribution in [0.15, 0.2) is 18.2 Å². The summed E-state index contributed by atoms with van der Waals surface area (Å²) in [4.78, 5) is 16.2. The first-order valence-corrected chi connectivity index (χ1v) is 8.27. The number of ether oxygens (including phenoxy) is 1. The Morgan fingerprint density at radius 2 is 2.00 bits per heavy atom. The van der Waals surface area contributed by atoms with E-state index in [0.29, 0.717) is 22.3 Å². The number of anilines is 1. The summed E-state index contributed by atoms with van der Waals surface area (Å²) in [6.07, 6.45) is 0. The summed E-state index contributed by atoms with van der Waals surface area (Å²) in [6, 6.07) is 4.64. The predicted molar refractivity (Wildman–Crippen MR) is 91.4 cm³/mol. The summed E-state index contributed by atoms with van der Waals surface area (Å²) in [6.45, 7) is 4.63. The molecule has 0 aromatic heterocycles. The number of nitrogens with one attached hydrogen (secondary N) is 1. The Hall–Kier alpha value is -1.05. The third-order valence-electron chi connectivity index (χ3n) is 3.62. The second-order valence-electron chi connectivity index (χ2n) is 5.22. The van der Waals surface area contributed by atoms with E-state index in [2.05, 4.69) is 10.2 Å². The number of amides is 2. The van der Waals surface area contributed by atoms with Gasteiger partial charge in [-0.25, -0.2) is 4.79 Å². The number of urea groups is 1. The fourth-order valence-electron chi connectivity index (χ4n) is 2.30. The third-order valence-corrected chi connectivity index (χ3v) is 4.36. The monoisotopic (exact) mass is 361 g/mol. The van der Waals surface area contributed by atoms with Crippen LogP contribution in [0.4, 0.5) is 10.5 Å². The lowest BCUT2D eigenvalue weighted by atomic mass is 10.3. The molecular weight excluding hydrogens is 341 g/mol. The number of hydrogen-bond donors (Lipinski definition) is 2. The van der Waals surface area contributed by atoms with Gasteiger partial charge in [-0.1, -0.05) is 23.2 Å². The molecule has 0 radical (unpaired) electrons. The van der Waals surface area contributed by atoms with E-state index in [4.69, 9.17) is 27.9 Å². The molecule has 1 aliphatic rings. The Labute approximate surface area is 145 Å². The van der Waals surface area contributed by atoms with Crippen molar-refractivity contribution in [2.75, 3.05) is 57.9 Å². The number of halogens is 2. The topological polar surface area (TPSA) is 65.0 Å². The van der Waals surface area contributed by atoms with Crippen molar-refractivity contribution >= 4 is 34.9 Å². The third kappa shape index (κ3) is 5.82. The van der Waals surface area contributed by atoms with Gasteiger partial charge in [-0.05, 0) is 18.2 Å². The van der Waals surface area contributed by atoms with E-state index < -0.39 is 0 Å². The molecule has 1 heterocycles. The quantitative estimate of drug-likeness (QED) is 0.814. The summed E-state index contributed by atoms with van der Waals surface area (Å²) in [5, 5.41) is 12.8. The smallest absolute Gasteiger partial charge is 0.321 e. The van der Waals surface area contributed by atoms with Gasteiger partial charge in [-0.3, -0.25) is 4.90 Å². The molecule has 2 rings (SSSR count). The van der Waals surface area contributed by atoms with Gasteiger partial charge in [-0.15, -0.1) is 0 Å². The van der Waals surface area contributed by atoms with Gasteiger partial charge in [0, 0.05) is 38.4 Å². The number of aliphatic hydroxyl groups is 1. The predicted octanol–water partition coefficient (Wildman–Crippen LogP) is 2.15. The number of carbonyl (C=O) groups is 1. The first-order valence-electron chi connectivity index (χ1n) is 7.52. The highest BCUT2D eigenvalue weighted by Crippen LogP contribution is 2.25. The zero-order chi connectivity index (χ0) is 16.7. The molecular formula is C15H21Cl2N3O3. The number of rotatable bonds is 6. The van der Waals surface area contributed by atoms with Crippen molar-refractivity contribution in [2.45, 2.75) is 0 Å². The number of morpholine rings is 1. The van der Waals surface area contributed by atoms with E-state index >= 15 is 0 Å². The van der Waals surface area contributed by atoms with Gasteiger partial charge in [-0.2, -0.15) is 0 Å². The van der Waals surface area contributed by atoms with Crippen LogP contribution in [0, 0.1) is 0 Å². The first-order chi connectivity index (χ1) is 11.1. The molecule has 0 saturated carbocycles. The highest BCUT2D eigenvalue weighted by atomic mass is 35.5. The summed E-state index contributed by atoms with van der Waals surface area (Å²) >= 11 is 11.8. The minimum absolute atomic E-state index is 0.0854. The molecule has 1 saturated heterocycles. The Morgan fingerprint density at radius 1 is 1.26 bits per heavy atom. The van der Waals surface area contributed by atoms with E-state index in [1.54, 1.807) is 23.1 Å². The lowest BCUT2D eigenvalue weighted by Gasteiger charge is -2.30. The number of hydrogen-bond acceptors (Lipinski definition) is 4. The van der Waals surface area contributed by atoms with Crippen LogP contribution in [0.1, 0.15) is 0 Å². The van der Waals surface area contributed by atoms with Crippen molar-refractivity contribution in [3.8, 4) is 0 Å². The maximum atomic E-state index is 12.4. The average Bonchev–Trinajstić information content (AvgIpc) is 2.55. The standard InChI is InChI=1S/C15H21Cl2N3O3/c16-13-2-1-12(11-14(13)17)18-15(22)20(5-8-21)4-3-19-6-9-23-10-7-19/h1-2,11,21H,3-10H2,(H,18,22). The van der Waals surface area contributed by atoms with Crippen LogP contribution in [-0.4, -0.2) is 73.5 Å². The van der Waals surface area contributed by atoms with Gasteiger partial charge in [0.2, 0.25) is 0 Å². The Balaban J connectivity index is 1.89. The van der Waals surface area contributed by atoms with Crippen LogP contribution >= 0.6 is 23.2 Å². The van der Waals surface area contributed by atoms with E-state index in [0.717, 1.165) is 32.8 Å². The molecule has 8 heteroatoms. The normalized spacial score (nSPS) is 15.4.